The number of para-hydroxylation sites is 1. The van der Waals surface area contributed by atoms with E-state index in [-0.39, 0.29) is 5.78 Å². The van der Waals surface area contributed by atoms with Crippen molar-refractivity contribution in [1.82, 2.24) is 0 Å². The number of fused-ring (bicyclic) bond motifs is 1. The first-order valence-corrected chi connectivity index (χ1v) is 6.27. The maximum absolute atomic E-state index is 11.7. The molecule has 0 aliphatic rings. The first-order valence-electron chi connectivity index (χ1n) is 6.27. The molecule has 0 fully saturated rings. The van der Waals surface area contributed by atoms with Crippen LogP contribution in [0.5, 0.6) is 0 Å². The topological polar surface area (TPSA) is 30.2 Å². The molecule has 19 heavy (non-hydrogen) atoms. The van der Waals surface area contributed by atoms with Crippen molar-refractivity contribution in [2.45, 2.75) is 13.8 Å². The SMILES string of the molecule is CC(=O)c1ccccc1-c1oc2ccccc2c1C. The molecule has 2 nitrogen and oxygen atoms in total. The number of hydrogen-bond acceptors (Lipinski definition) is 2. The van der Waals surface area contributed by atoms with Gasteiger partial charge in [0.15, 0.2) is 5.78 Å². The molecule has 3 aromatic rings. The highest BCUT2D eigenvalue weighted by atomic mass is 16.3. The molecule has 0 spiro atoms. The van der Waals surface area contributed by atoms with Gasteiger partial charge in [-0.1, -0.05) is 42.5 Å². The Hall–Kier alpha value is -2.35. The first-order chi connectivity index (χ1) is 9.18. The predicted molar refractivity (Wildman–Crippen MR) is 76.4 cm³/mol. The minimum absolute atomic E-state index is 0.0513. The van der Waals surface area contributed by atoms with Crippen LogP contribution >= 0.6 is 0 Å². The van der Waals surface area contributed by atoms with Crippen molar-refractivity contribution in [3.05, 3.63) is 59.7 Å². The molecular weight excluding hydrogens is 236 g/mol. The number of aryl methyl sites for hydroxylation is 1. The second kappa shape index (κ2) is 4.39. The van der Waals surface area contributed by atoms with E-state index in [0.717, 1.165) is 27.9 Å². The summed E-state index contributed by atoms with van der Waals surface area (Å²) in [5.74, 6) is 0.836. The molecule has 2 heteroatoms. The standard InChI is InChI=1S/C17H14O2/c1-11-13-7-5-6-10-16(13)19-17(11)15-9-4-3-8-14(15)12(2)18/h3-10H,1-2H3. The van der Waals surface area contributed by atoms with Crippen molar-refractivity contribution in [3.8, 4) is 11.3 Å². The summed E-state index contributed by atoms with van der Waals surface area (Å²) < 4.78 is 5.92. The van der Waals surface area contributed by atoms with E-state index in [0.29, 0.717) is 5.56 Å². The summed E-state index contributed by atoms with van der Waals surface area (Å²) in [6.45, 7) is 3.61. The molecule has 2 aromatic carbocycles. The first kappa shape index (κ1) is 11.7. The minimum Gasteiger partial charge on any atom is -0.456 e. The Kier molecular flexibility index (Phi) is 2.71. The average Bonchev–Trinajstić information content (AvgIpc) is 2.76. The molecule has 0 unspecified atom stereocenters. The van der Waals surface area contributed by atoms with Gasteiger partial charge >= 0.3 is 0 Å². The Morgan fingerprint density at radius 1 is 1.00 bits per heavy atom. The van der Waals surface area contributed by atoms with Crippen LogP contribution in [0.1, 0.15) is 22.8 Å². The zero-order valence-electron chi connectivity index (χ0n) is 10.9. The number of ketones is 1. The Balaban J connectivity index is 2.31. The van der Waals surface area contributed by atoms with E-state index in [1.54, 1.807) is 6.92 Å². The van der Waals surface area contributed by atoms with Crippen LogP contribution in [-0.2, 0) is 0 Å². The van der Waals surface area contributed by atoms with Crippen LogP contribution in [0.2, 0.25) is 0 Å². The monoisotopic (exact) mass is 250 g/mol. The van der Waals surface area contributed by atoms with Gasteiger partial charge in [-0.2, -0.15) is 0 Å². The number of Topliss-reactive ketones (excluding diaryl/α,β-unsaturated/α-hetero) is 1. The summed E-state index contributed by atoms with van der Waals surface area (Å²) in [4.78, 5) is 11.7. The lowest BCUT2D eigenvalue weighted by atomic mass is 9.99. The second-order valence-electron chi connectivity index (χ2n) is 4.65. The number of rotatable bonds is 2. The Labute approximate surface area is 111 Å². The fraction of sp³-hybridized carbons (Fsp3) is 0.118. The molecule has 0 aliphatic heterocycles. The van der Waals surface area contributed by atoms with E-state index in [4.69, 9.17) is 4.42 Å². The van der Waals surface area contributed by atoms with Gasteiger partial charge in [0.1, 0.15) is 11.3 Å². The van der Waals surface area contributed by atoms with Crippen molar-refractivity contribution in [1.29, 1.82) is 0 Å². The van der Waals surface area contributed by atoms with Crippen LogP contribution in [0.15, 0.2) is 52.9 Å². The highest BCUT2D eigenvalue weighted by Crippen LogP contribution is 2.34. The molecule has 0 saturated carbocycles. The van der Waals surface area contributed by atoms with Crippen molar-refractivity contribution in [2.24, 2.45) is 0 Å². The summed E-state index contributed by atoms with van der Waals surface area (Å²) in [5.41, 5.74) is 3.49. The Morgan fingerprint density at radius 2 is 1.68 bits per heavy atom. The number of carbonyl (C=O) groups is 1. The van der Waals surface area contributed by atoms with Crippen LogP contribution in [0.4, 0.5) is 0 Å². The maximum Gasteiger partial charge on any atom is 0.160 e. The summed E-state index contributed by atoms with van der Waals surface area (Å²) in [6, 6.07) is 15.5. The van der Waals surface area contributed by atoms with Gasteiger partial charge in [-0.15, -0.1) is 0 Å². The van der Waals surface area contributed by atoms with E-state index in [1.807, 2.05) is 55.5 Å². The third kappa shape index (κ3) is 1.85. The molecule has 0 atom stereocenters. The zero-order chi connectivity index (χ0) is 13.4. The average molecular weight is 250 g/mol. The lowest BCUT2D eigenvalue weighted by Gasteiger charge is -2.04. The predicted octanol–water partition coefficient (Wildman–Crippen LogP) is 4.61. The van der Waals surface area contributed by atoms with E-state index in [2.05, 4.69) is 0 Å². The quantitative estimate of drug-likeness (QED) is 0.622. The molecule has 0 bridgehead atoms. The van der Waals surface area contributed by atoms with Gasteiger partial charge in [-0.05, 0) is 19.9 Å². The van der Waals surface area contributed by atoms with Crippen molar-refractivity contribution in [3.63, 3.8) is 0 Å². The van der Waals surface area contributed by atoms with Crippen molar-refractivity contribution in [2.75, 3.05) is 0 Å². The smallest absolute Gasteiger partial charge is 0.160 e. The van der Waals surface area contributed by atoms with Crippen LogP contribution in [0.25, 0.3) is 22.3 Å². The number of benzene rings is 2. The highest BCUT2D eigenvalue weighted by molar-refractivity contribution is 6.01. The molecule has 0 amide bonds. The van der Waals surface area contributed by atoms with Gasteiger partial charge in [-0.3, -0.25) is 4.79 Å². The lowest BCUT2D eigenvalue weighted by molar-refractivity contribution is 0.101. The number of hydrogen-bond donors (Lipinski definition) is 0. The molecule has 1 aromatic heterocycles. The molecule has 0 aliphatic carbocycles. The van der Waals surface area contributed by atoms with E-state index in [9.17, 15) is 4.79 Å². The van der Waals surface area contributed by atoms with Crippen LogP contribution < -0.4 is 0 Å². The third-order valence-corrected chi connectivity index (χ3v) is 3.39. The largest absolute Gasteiger partial charge is 0.456 e. The molecule has 0 saturated heterocycles. The van der Waals surface area contributed by atoms with E-state index < -0.39 is 0 Å². The summed E-state index contributed by atoms with van der Waals surface area (Å²) >= 11 is 0. The molecular formula is C17H14O2. The molecule has 1 heterocycles. The van der Waals surface area contributed by atoms with Gasteiger partial charge < -0.3 is 4.42 Å². The third-order valence-electron chi connectivity index (χ3n) is 3.39. The van der Waals surface area contributed by atoms with Crippen LogP contribution in [0.3, 0.4) is 0 Å². The summed E-state index contributed by atoms with van der Waals surface area (Å²) in [7, 11) is 0. The zero-order valence-corrected chi connectivity index (χ0v) is 10.9. The molecule has 3 rings (SSSR count). The van der Waals surface area contributed by atoms with E-state index in [1.165, 1.54) is 0 Å². The van der Waals surface area contributed by atoms with Gasteiger partial charge in [-0.25, -0.2) is 0 Å². The fourth-order valence-electron chi connectivity index (χ4n) is 2.42. The maximum atomic E-state index is 11.7. The van der Waals surface area contributed by atoms with Crippen LogP contribution in [-0.4, -0.2) is 5.78 Å². The van der Waals surface area contributed by atoms with Gasteiger partial charge in [0, 0.05) is 22.1 Å². The molecule has 94 valence electrons. The van der Waals surface area contributed by atoms with E-state index >= 15 is 0 Å². The summed E-state index contributed by atoms with van der Waals surface area (Å²) in [5, 5.41) is 1.09. The van der Waals surface area contributed by atoms with Gasteiger partial charge in [0.25, 0.3) is 0 Å². The minimum atomic E-state index is 0.0513. The molecule has 0 radical (unpaired) electrons. The fourth-order valence-corrected chi connectivity index (χ4v) is 2.42. The molecule has 0 N–H and O–H groups in total. The van der Waals surface area contributed by atoms with Gasteiger partial charge in [0.05, 0.1) is 0 Å². The van der Waals surface area contributed by atoms with Crippen molar-refractivity contribution < 1.29 is 9.21 Å². The Bertz CT molecular complexity index is 766. The normalized spacial score (nSPS) is 10.8. The van der Waals surface area contributed by atoms with Crippen LogP contribution in [0, 0.1) is 6.92 Å². The highest BCUT2D eigenvalue weighted by Gasteiger charge is 2.16. The summed E-state index contributed by atoms with van der Waals surface area (Å²) in [6.07, 6.45) is 0. The Morgan fingerprint density at radius 3 is 2.42 bits per heavy atom. The van der Waals surface area contributed by atoms with Gasteiger partial charge in [0.2, 0.25) is 0 Å². The number of carbonyl (C=O) groups excluding carboxylic acids is 1. The second-order valence-corrected chi connectivity index (χ2v) is 4.65. The lowest BCUT2D eigenvalue weighted by Crippen LogP contribution is -1.95. The number of furan rings is 1. The van der Waals surface area contributed by atoms with Crippen molar-refractivity contribution >= 4 is 16.8 Å².